The monoisotopic (exact) mass is 594 g/mol. The van der Waals surface area contributed by atoms with Crippen LogP contribution in [-0.4, -0.2) is 65.4 Å². The number of thiophene rings is 1. The molecule has 1 fully saturated rings. The molecule has 0 aliphatic carbocycles. The zero-order valence-corrected chi connectivity index (χ0v) is 21.7. The van der Waals surface area contributed by atoms with Gasteiger partial charge in [0.2, 0.25) is 5.91 Å². The molecule has 1 aromatic heterocycles. The summed E-state index contributed by atoms with van der Waals surface area (Å²) in [6, 6.07) is 3.46. The Hall–Kier alpha value is -0.530. The van der Waals surface area contributed by atoms with Crippen molar-refractivity contribution in [2.24, 2.45) is 0 Å². The molecule has 3 unspecified atom stereocenters. The molecule has 1 aromatic rings. The second-order valence-corrected chi connectivity index (χ2v) is 12.0. The summed E-state index contributed by atoms with van der Waals surface area (Å²) in [7, 11) is 1.32. The van der Waals surface area contributed by atoms with E-state index in [0.717, 1.165) is 0 Å². The van der Waals surface area contributed by atoms with E-state index in [4.69, 9.17) is 49.4 Å². The lowest BCUT2D eigenvalue weighted by molar-refractivity contribution is -0.182. The van der Waals surface area contributed by atoms with Gasteiger partial charge in [0.05, 0.1) is 0 Å². The summed E-state index contributed by atoms with van der Waals surface area (Å²) >= 11 is 20.8. The molecule has 0 aromatic carbocycles. The van der Waals surface area contributed by atoms with Crippen LogP contribution in [0.1, 0.15) is 13.3 Å². The SMILES string of the molecule is COC1(N(C(C)=O)c2cccs2)C(=O)N2C=C(CBr)C(CC(Cl)(Cl)Cl)[S+]([O-])[C@@H]21.O=CO. The quantitative estimate of drug-likeness (QED) is 0.183. The van der Waals surface area contributed by atoms with E-state index < -0.39 is 43.1 Å². The van der Waals surface area contributed by atoms with Gasteiger partial charge in [-0.05, 0) is 28.7 Å². The van der Waals surface area contributed by atoms with Crippen LogP contribution >= 0.6 is 62.1 Å². The average molecular weight is 597 g/mol. The molecule has 4 atom stereocenters. The minimum absolute atomic E-state index is 0.000884. The molecule has 0 radical (unpaired) electrons. The number of amides is 2. The first kappa shape index (κ1) is 26.7. The van der Waals surface area contributed by atoms with Crippen LogP contribution in [0.3, 0.4) is 0 Å². The maximum Gasteiger partial charge on any atom is 0.298 e. The molecule has 0 spiro atoms. The summed E-state index contributed by atoms with van der Waals surface area (Å²) in [6.45, 7) is 1.08. The lowest BCUT2D eigenvalue weighted by atomic mass is 9.98. The molecule has 2 aliphatic heterocycles. The minimum atomic E-state index is -1.72. The van der Waals surface area contributed by atoms with Crippen LogP contribution in [0, 0.1) is 0 Å². The van der Waals surface area contributed by atoms with Gasteiger partial charge in [-0.2, -0.15) is 0 Å². The van der Waals surface area contributed by atoms with Gasteiger partial charge in [-0.15, -0.1) is 11.3 Å². The number of hydrogen-bond acceptors (Lipinski definition) is 6. The van der Waals surface area contributed by atoms with Crippen molar-refractivity contribution in [1.29, 1.82) is 0 Å². The van der Waals surface area contributed by atoms with Crippen LogP contribution in [0.25, 0.3) is 0 Å². The number of β-lactam (4-membered cyclic amide) rings is 1. The molecule has 172 valence electrons. The number of methoxy groups -OCH3 is 1. The Bertz CT molecular complexity index is 853. The predicted molar refractivity (Wildman–Crippen MR) is 125 cm³/mol. The van der Waals surface area contributed by atoms with Crippen LogP contribution in [0.4, 0.5) is 5.00 Å². The Balaban J connectivity index is 0.00000107. The van der Waals surface area contributed by atoms with Gasteiger partial charge >= 0.3 is 0 Å². The fraction of sp³-hybridized carbons (Fsp3) is 0.471. The van der Waals surface area contributed by atoms with Crippen molar-refractivity contribution < 1.29 is 28.8 Å². The molecule has 2 amide bonds. The van der Waals surface area contributed by atoms with Crippen molar-refractivity contribution in [2.75, 3.05) is 17.3 Å². The minimum Gasteiger partial charge on any atom is -0.614 e. The van der Waals surface area contributed by atoms with Gasteiger partial charge in [-0.25, -0.2) is 0 Å². The number of anilines is 1. The highest BCUT2D eigenvalue weighted by Crippen LogP contribution is 2.50. The number of nitrogens with zero attached hydrogens (tertiary/aromatic N) is 2. The third-order valence-corrected chi connectivity index (χ3v) is 8.58. The van der Waals surface area contributed by atoms with E-state index >= 15 is 0 Å². The number of carboxylic acid groups (broad SMARTS) is 1. The first-order valence-electron chi connectivity index (χ1n) is 8.52. The van der Waals surface area contributed by atoms with Gasteiger partial charge in [0.1, 0.15) is 10.3 Å². The van der Waals surface area contributed by atoms with Crippen molar-refractivity contribution in [2.45, 2.75) is 33.5 Å². The van der Waals surface area contributed by atoms with E-state index in [1.807, 2.05) is 0 Å². The van der Waals surface area contributed by atoms with Gasteiger partial charge in [0, 0.05) is 37.6 Å². The largest absolute Gasteiger partial charge is 0.614 e. The molecular weight excluding hydrogens is 579 g/mol. The van der Waals surface area contributed by atoms with Gasteiger partial charge in [-0.3, -0.25) is 24.2 Å². The first-order chi connectivity index (χ1) is 14.5. The van der Waals surface area contributed by atoms with E-state index in [1.165, 1.54) is 35.2 Å². The molecule has 0 bridgehead atoms. The van der Waals surface area contributed by atoms with E-state index in [2.05, 4.69) is 15.9 Å². The van der Waals surface area contributed by atoms with Crippen LogP contribution in [0.15, 0.2) is 29.3 Å². The number of rotatable bonds is 5. The smallest absolute Gasteiger partial charge is 0.298 e. The summed E-state index contributed by atoms with van der Waals surface area (Å²) in [5, 5.41) is 8.01. The van der Waals surface area contributed by atoms with Gasteiger partial charge < -0.3 is 14.4 Å². The lowest BCUT2D eigenvalue weighted by Gasteiger charge is -2.58. The Morgan fingerprint density at radius 2 is 2.16 bits per heavy atom. The van der Waals surface area contributed by atoms with Crippen molar-refractivity contribution in [3.05, 3.63) is 29.3 Å². The zero-order valence-electron chi connectivity index (χ0n) is 16.2. The molecule has 1 N–H and O–H groups in total. The van der Waals surface area contributed by atoms with E-state index in [0.29, 0.717) is 15.9 Å². The number of carbonyl (C=O) groups excluding carboxylic acids is 2. The molecule has 0 saturated carbocycles. The van der Waals surface area contributed by atoms with Gasteiger partial charge in [0.25, 0.3) is 23.5 Å². The van der Waals surface area contributed by atoms with Crippen molar-refractivity contribution in [3.8, 4) is 0 Å². The maximum atomic E-state index is 13.5. The summed E-state index contributed by atoms with van der Waals surface area (Å²) in [4.78, 5) is 36.6. The van der Waals surface area contributed by atoms with E-state index in [1.54, 1.807) is 23.7 Å². The van der Waals surface area contributed by atoms with Crippen LogP contribution in [0.2, 0.25) is 0 Å². The Kier molecular flexibility index (Phi) is 9.14. The van der Waals surface area contributed by atoms with Crippen molar-refractivity contribution in [3.63, 3.8) is 0 Å². The van der Waals surface area contributed by atoms with E-state index in [9.17, 15) is 14.1 Å². The van der Waals surface area contributed by atoms with Gasteiger partial charge in [0.15, 0.2) is 3.79 Å². The molecule has 2 aliphatic rings. The fourth-order valence-electron chi connectivity index (χ4n) is 3.46. The second-order valence-electron chi connectivity index (χ2n) is 6.35. The summed E-state index contributed by atoms with van der Waals surface area (Å²) in [6.07, 6.45) is 1.60. The molecule has 14 heteroatoms. The molecule has 31 heavy (non-hydrogen) atoms. The van der Waals surface area contributed by atoms with Crippen LogP contribution in [-0.2, 0) is 30.3 Å². The number of fused-ring (bicyclic) bond motifs is 1. The Morgan fingerprint density at radius 1 is 1.55 bits per heavy atom. The number of ether oxygens (including phenoxy) is 1. The molecule has 3 rings (SSSR count). The average Bonchev–Trinajstić information content (AvgIpc) is 3.20. The van der Waals surface area contributed by atoms with E-state index in [-0.39, 0.29) is 12.9 Å². The predicted octanol–water partition coefficient (Wildman–Crippen LogP) is 3.48. The van der Waals surface area contributed by atoms with Crippen LogP contribution < -0.4 is 4.90 Å². The fourth-order valence-corrected chi connectivity index (χ4v) is 7.94. The number of alkyl halides is 4. The number of hydrogen-bond donors (Lipinski definition) is 1. The van der Waals surface area contributed by atoms with Crippen molar-refractivity contribution in [1.82, 2.24) is 4.90 Å². The highest BCUT2D eigenvalue weighted by molar-refractivity contribution is 9.09. The normalized spacial score (nSPS) is 27.3. The topological polar surface area (TPSA) is 110 Å². The number of halogens is 4. The molecular formula is C17H18BrCl3N2O6S2. The Labute approximate surface area is 209 Å². The summed E-state index contributed by atoms with van der Waals surface area (Å²) in [5.74, 6) is -0.870. The first-order valence-corrected chi connectivity index (χ1v) is 12.9. The summed E-state index contributed by atoms with van der Waals surface area (Å²) < 4.78 is 17.5. The molecule has 1 saturated heterocycles. The lowest BCUT2D eigenvalue weighted by Crippen LogP contribution is -2.84. The highest BCUT2D eigenvalue weighted by Gasteiger charge is 2.74. The molecule has 3 heterocycles. The van der Waals surface area contributed by atoms with Crippen molar-refractivity contribution >= 4 is 96.5 Å². The number of carbonyl (C=O) groups is 3. The van der Waals surface area contributed by atoms with Crippen LogP contribution in [0.5, 0.6) is 0 Å². The highest BCUT2D eigenvalue weighted by atomic mass is 79.9. The Morgan fingerprint density at radius 3 is 2.58 bits per heavy atom. The zero-order chi connectivity index (χ0) is 23.6. The second kappa shape index (κ2) is 10.6. The maximum absolute atomic E-state index is 13.5. The summed E-state index contributed by atoms with van der Waals surface area (Å²) in [5.41, 5.74) is -1.05. The van der Waals surface area contributed by atoms with Gasteiger partial charge in [-0.1, -0.05) is 50.7 Å². The third-order valence-electron chi connectivity index (χ3n) is 4.60. The molecule has 8 nitrogen and oxygen atoms in total. The standard InChI is InChI=1S/C16H16BrCl3N2O4S2.CH2O2/c1-9(23)22(12-4-3-5-27-12)16(26-2)13(24)21-8-10(7-17)11(6-15(18,19)20)28(25)14(16)21;2-1-3/h3-5,8,11,14H,6-7H2,1-2H3;1H,(H,2,3)/t11?,14-,16?,28?;/m1./s1. The third kappa shape index (κ3) is 5.03.